The highest BCUT2D eigenvalue weighted by Gasteiger charge is 2.47. The van der Waals surface area contributed by atoms with E-state index < -0.39 is 0 Å². The number of hydrogen-bond acceptors (Lipinski definition) is 4. The van der Waals surface area contributed by atoms with Crippen LogP contribution in [-0.2, 0) is 19.1 Å². The van der Waals surface area contributed by atoms with E-state index in [-0.39, 0.29) is 42.2 Å². The molecule has 3 aliphatic rings. The second-order valence-corrected chi connectivity index (χ2v) is 5.94. The van der Waals surface area contributed by atoms with E-state index in [4.69, 9.17) is 4.74 Å². The van der Waals surface area contributed by atoms with Crippen molar-refractivity contribution in [3.05, 3.63) is 12.2 Å². The van der Waals surface area contributed by atoms with E-state index in [0.29, 0.717) is 32.5 Å². The average Bonchev–Trinajstić information content (AvgIpc) is 2.73. The van der Waals surface area contributed by atoms with E-state index in [1.165, 1.54) is 0 Å². The fourth-order valence-electron chi connectivity index (χ4n) is 3.31. The quantitative estimate of drug-likeness (QED) is 0.538. The van der Waals surface area contributed by atoms with E-state index >= 15 is 0 Å². The van der Waals surface area contributed by atoms with Crippen molar-refractivity contribution >= 4 is 17.7 Å². The summed E-state index contributed by atoms with van der Waals surface area (Å²) in [6.07, 6.45) is 5.10. The lowest BCUT2D eigenvalue weighted by Crippen LogP contribution is -2.49. The van der Waals surface area contributed by atoms with Gasteiger partial charge in [0.05, 0.1) is 24.5 Å². The molecule has 2 fully saturated rings. The summed E-state index contributed by atoms with van der Waals surface area (Å²) in [5.74, 6) is -1.08. The van der Waals surface area contributed by atoms with Crippen molar-refractivity contribution in [1.29, 1.82) is 0 Å². The average molecular weight is 292 g/mol. The number of imide groups is 1. The summed E-state index contributed by atoms with van der Waals surface area (Å²) >= 11 is 0. The molecule has 3 atom stereocenters. The van der Waals surface area contributed by atoms with Crippen LogP contribution in [0.2, 0.25) is 0 Å². The molecule has 0 aromatic carbocycles. The Balaban J connectivity index is 1.66. The van der Waals surface area contributed by atoms with Gasteiger partial charge in [-0.05, 0) is 19.8 Å². The van der Waals surface area contributed by atoms with Crippen LogP contribution in [0.1, 0.15) is 19.8 Å². The van der Waals surface area contributed by atoms with Crippen LogP contribution in [0.5, 0.6) is 0 Å². The van der Waals surface area contributed by atoms with Crippen LogP contribution in [0.25, 0.3) is 0 Å². The second-order valence-electron chi connectivity index (χ2n) is 5.94. The lowest BCUT2D eigenvalue weighted by molar-refractivity contribution is -0.149. The van der Waals surface area contributed by atoms with Gasteiger partial charge in [0.2, 0.25) is 17.7 Å². The first-order valence-corrected chi connectivity index (χ1v) is 7.47. The zero-order chi connectivity index (χ0) is 15.0. The van der Waals surface area contributed by atoms with Gasteiger partial charge in [-0.2, -0.15) is 0 Å². The van der Waals surface area contributed by atoms with Crippen molar-refractivity contribution in [2.45, 2.75) is 25.9 Å². The molecule has 2 saturated heterocycles. The number of rotatable bonds is 2. The molecule has 3 amide bonds. The number of carbonyl (C=O) groups is 3. The predicted molar refractivity (Wildman–Crippen MR) is 74.1 cm³/mol. The number of carbonyl (C=O) groups excluding carboxylic acids is 3. The van der Waals surface area contributed by atoms with E-state index in [0.717, 1.165) is 4.90 Å². The molecule has 3 rings (SSSR count). The van der Waals surface area contributed by atoms with E-state index in [1.54, 1.807) is 4.90 Å². The van der Waals surface area contributed by atoms with Crippen molar-refractivity contribution in [1.82, 2.24) is 9.80 Å². The molecule has 6 heteroatoms. The Kier molecular flexibility index (Phi) is 3.80. The molecule has 1 aliphatic carbocycles. The third kappa shape index (κ3) is 2.60. The second kappa shape index (κ2) is 5.60. The lowest BCUT2D eigenvalue weighted by Gasteiger charge is -2.32. The maximum atomic E-state index is 12.3. The predicted octanol–water partition coefficient (Wildman–Crippen LogP) is 0.185. The maximum Gasteiger partial charge on any atom is 0.242 e. The molecular weight excluding hydrogens is 272 g/mol. The molecule has 0 aromatic rings. The SMILES string of the molecule is C[C@@H]1CN(C(=O)CN2C(=O)[C@H]3CC=CC[C@@H]3C2=O)CCO1. The summed E-state index contributed by atoms with van der Waals surface area (Å²) in [5.41, 5.74) is 0. The Bertz CT molecular complexity index is 476. The number of fused-ring (bicyclic) bond motifs is 1. The van der Waals surface area contributed by atoms with Crippen LogP contribution in [0.3, 0.4) is 0 Å². The number of amides is 3. The van der Waals surface area contributed by atoms with E-state index in [2.05, 4.69) is 0 Å². The summed E-state index contributed by atoms with van der Waals surface area (Å²) in [6.45, 7) is 3.32. The third-order valence-corrected chi connectivity index (χ3v) is 4.49. The third-order valence-electron chi connectivity index (χ3n) is 4.49. The van der Waals surface area contributed by atoms with Crippen LogP contribution in [0, 0.1) is 11.8 Å². The van der Waals surface area contributed by atoms with Gasteiger partial charge < -0.3 is 9.64 Å². The summed E-state index contributed by atoms with van der Waals surface area (Å²) < 4.78 is 5.40. The number of ether oxygens (including phenoxy) is 1. The number of nitrogens with zero attached hydrogens (tertiary/aromatic N) is 2. The monoisotopic (exact) mass is 292 g/mol. The molecule has 114 valence electrons. The zero-order valence-corrected chi connectivity index (χ0v) is 12.2. The summed E-state index contributed by atoms with van der Waals surface area (Å²) in [7, 11) is 0. The number of morpholine rings is 1. The maximum absolute atomic E-state index is 12.3. The Labute approximate surface area is 123 Å². The summed E-state index contributed by atoms with van der Waals surface area (Å²) in [4.78, 5) is 39.8. The van der Waals surface area contributed by atoms with E-state index in [9.17, 15) is 14.4 Å². The molecule has 0 unspecified atom stereocenters. The Hall–Kier alpha value is -1.69. The van der Waals surface area contributed by atoms with Gasteiger partial charge in [0, 0.05) is 13.1 Å². The summed E-state index contributed by atoms with van der Waals surface area (Å²) in [5, 5.41) is 0. The highest BCUT2D eigenvalue weighted by atomic mass is 16.5. The number of allylic oxidation sites excluding steroid dienone is 2. The van der Waals surface area contributed by atoms with Gasteiger partial charge in [-0.1, -0.05) is 12.2 Å². The first-order valence-electron chi connectivity index (χ1n) is 7.47. The number of likely N-dealkylation sites (tertiary alicyclic amines) is 1. The molecule has 6 nitrogen and oxygen atoms in total. The minimum atomic E-state index is -0.265. The van der Waals surface area contributed by atoms with Gasteiger partial charge >= 0.3 is 0 Å². The Morgan fingerprint density at radius 2 is 1.86 bits per heavy atom. The first kappa shape index (κ1) is 14.3. The largest absolute Gasteiger partial charge is 0.375 e. The first-order chi connectivity index (χ1) is 10.1. The van der Waals surface area contributed by atoms with Crippen LogP contribution >= 0.6 is 0 Å². The van der Waals surface area contributed by atoms with Gasteiger partial charge in [-0.3, -0.25) is 19.3 Å². The van der Waals surface area contributed by atoms with Crippen LogP contribution < -0.4 is 0 Å². The van der Waals surface area contributed by atoms with Gasteiger partial charge in [-0.25, -0.2) is 0 Å². The minimum absolute atomic E-state index is 0.000498. The van der Waals surface area contributed by atoms with Gasteiger partial charge in [0.1, 0.15) is 6.54 Å². The van der Waals surface area contributed by atoms with Crippen molar-refractivity contribution < 1.29 is 19.1 Å². The van der Waals surface area contributed by atoms with Crippen LogP contribution in [0.4, 0.5) is 0 Å². The molecule has 0 aromatic heterocycles. The van der Waals surface area contributed by atoms with Crippen LogP contribution in [-0.4, -0.2) is 59.9 Å². The standard InChI is InChI=1S/C15H20N2O4/c1-10-8-16(6-7-21-10)13(18)9-17-14(19)11-4-2-3-5-12(11)15(17)20/h2-3,10-12H,4-9H2,1H3/t10-,11+,12+/m1/s1. The van der Waals surface area contributed by atoms with Gasteiger partial charge in [0.25, 0.3) is 0 Å². The van der Waals surface area contributed by atoms with Gasteiger partial charge in [-0.15, -0.1) is 0 Å². The molecule has 21 heavy (non-hydrogen) atoms. The molecule has 2 aliphatic heterocycles. The van der Waals surface area contributed by atoms with Crippen LogP contribution in [0.15, 0.2) is 12.2 Å². The molecule has 0 saturated carbocycles. The molecule has 2 heterocycles. The van der Waals surface area contributed by atoms with Crippen molar-refractivity contribution in [2.24, 2.45) is 11.8 Å². The fraction of sp³-hybridized carbons (Fsp3) is 0.667. The molecule has 0 radical (unpaired) electrons. The molecular formula is C15H20N2O4. The number of hydrogen-bond donors (Lipinski definition) is 0. The summed E-state index contributed by atoms with van der Waals surface area (Å²) in [6, 6.07) is 0. The fourth-order valence-corrected chi connectivity index (χ4v) is 3.31. The Morgan fingerprint density at radius 1 is 1.24 bits per heavy atom. The zero-order valence-electron chi connectivity index (χ0n) is 12.2. The molecule has 0 spiro atoms. The molecule has 0 bridgehead atoms. The van der Waals surface area contributed by atoms with Crippen molar-refractivity contribution in [2.75, 3.05) is 26.2 Å². The Morgan fingerprint density at radius 3 is 2.43 bits per heavy atom. The highest BCUT2D eigenvalue weighted by molar-refractivity contribution is 6.07. The minimum Gasteiger partial charge on any atom is -0.375 e. The van der Waals surface area contributed by atoms with E-state index in [1.807, 2.05) is 19.1 Å². The smallest absolute Gasteiger partial charge is 0.242 e. The highest BCUT2D eigenvalue weighted by Crippen LogP contribution is 2.34. The lowest BCUT2D eigenvalue weighted by atomic mass is 9.85. The molecule has 0 N–H and O–H groups in total. The topological polar surface area (TPSA) is 66.9 Å². The van der Waals surface area contributed by atoms with Gasteiger partial charge in [0.15, 0.2) is 0 Å². The normalized spacial score (nSPS) is 32.5. The van der Waals surface area contributed by atoms with Crippen molar-refractivity contribution in [3.63, 3.8) is 0 Å². The van der Waals surface area contributed by atoms with Crippen molar-refractivity contribution in [3.8, 4) is 0 Å².